The van der Waals surface area contributed by atoms with Crippen molar-refractivity contribution in [1.82, 2.24) is 20.0 Å². The Balaban J connectivity index is 1.24. The van der Waals surface area contributed by atoms with Gasteiger partial charge < -0.3 is 20.4 Å². The Morgan fingerprint density at radius 2 is 1.67 bits per heavy atom. The molecular formula is C22H24N6O2. The van der Waals surface area contributed by atoms with Gasteiger partial charge in [0.15, 0.2) is 0 Å². The van der Waals surface area contributed by atoms with E-state index in [2.05, 4.69) is 32.8 Å². The zero-order chi connectivity index (χ0) is 20.8. The van der Waals surface area contributed by atoms with E-state index >= 15 is 0 Å². The number of anilines is 2. The van der Waals surface area contributed by atoms with E-state index in [1.54, 1.807) is 21.8 Å². The molecular weight excluding hydrogens is 380 g/mol. The van der Waals surface area contributed by atoms with E-state index in [-0.39, 0.29) is 12.5 Å². The van der Waals surface area contributed by atoms with Crippen LogP contribution in [-0.2, 0) is 4.79 Å². The number of urea groups is 1. The van der Waals surface area contributed by atoms with E-state index in [9.17, 15) is 9.59 Å². The van der Waals surface area contributed by atoms with Crippen LogP contribution in [0.5, 0.6) is 0 Å². The molecule has 3 aromatic rings. The van der Waals surface area contributed by atoms with Crippen LogP contribution in [-0.4, -0.2) is 59.3 Å². The van der Waals surface area contributed by atoms with Crippen LogP contribution in [0.3, 0.4) is 0 Å². The number of nitrogens with one attached hydrogen (secondary N) is 2. The van der Waals surface area contributed by atoms with Gasteiger partial charge in [-0.15, -0.1) is 0 Å². The molecule has 3 amide bonds. The summed E-state index contributed by atoms with van der Waals surface area (Å²) in [4.78, 5) is 28.7. The maximum Gasteiger partial charge on any atom is 0.319 e. The predicted molar refractivity (Wildman–Crippen MR) is 116 cm³/mol. The monoisotopic (exact) mass is 404 g/mol. The van der Waals surface area contributed by atoms with Gasteiger partial charge in [-0.2, -0.15) is 5.10 Å². The highest BCUT2D eigenvalue weighted by atomic mass is 16.2. The molecule has 8 nitrogen and oxygen atoms in total. The third-order valence-electron chi connectivity index (χ3n) is 5.03. The van der Waals surface area contributed by atoms with Gasteiger partial charge in [0.05, 0.1) is 12.2 Å². The molecule has 0 bridgehead atoms. The van der Waals surface area contributed by atoms with Crippen LogP contribution >= 0.6 is 0 Å². The van der Waals surface area contributed by atoms with Crippen molar-refractivity contribution in [3.05, 3.63) is 73.1 Å². The summed E-state index contributed by atoms with van der Waals surface area (Å²) < 4.78 is 1.71. The zero-order valence-electron chi connectivity index (χ0n) is 16.6. The average molecular weight is 404 g/mol. The van der Waals surface area contributed by atoms with E-state index in [0.717, 1.165) is 18.8 Å². The van der Waals surface area contributed by atoms with Crippen molar-refractivity contribution in [3.63, 3.8) is 0 Å². The Bertz CT molecular complexity index is 982. The lowest BCUT2D eigenvalue weighted by atomic mass is 10.2. The largest absolute Gasteiger partial charge is 0.368 e. The Morgan fingerprint density at radius 3 is 2.40 bits per heavy atom. The van der Waals surface area contributed by atoms with Gasteiger partial charge in [-0.1, -0.05) is 24.3 Å². The normalized spacial score (nSPS) is 13.7. The first-order valence-electron chi connectivity index (χ1n) is 9.92. The fourth-order valence-electron chi connectivity index (χ4n) is 3.44. The number of para-hydroxylation sites is 1. The van der Waals surface area contributed by atoms with Crippen molar-refractivity contribution in [2.75, 3.05) is 42.9 Å². The second-order valence-corrected chi connectivity index (χ2v) is 7.01. The summed E-state index contributed by atoms with van der Waals surface area (Å²) >= 11 is 0. The van der Waals surface area contributed by atoms with Crippen LogP contribution in [0.15, 0.2) is 73.1 Å². The number of carbonyl (C=O) groups excluding carboxylic acids is 2. The topological polar surface area (TPSA) is 82.5 Å². The number of aromatic nitrogens is 2. The van der Waals surface area contributed by atoms with Gasteiger partial charge in [0, 0.05) is 49.9 Å². The highest BCUT2D eigenvalue weighted by molar-refractivity contribution is 5.92. The van der Waals surface area contributed by atoms with Crippen molar-refractivity contribution in [1.29, 1.82) is 0 Å². The first-order valence-corrected chi connectivity index (χ1v) is 9.92. The molecule has 1 fully saturated rings. The average Bonchev–Trinajstić information content (AvgIpc) is 3.33. The Kier molecular flexibility index (Phi) is 5.93. The third kappa shape index (κ3) is 4.78. The van der Waals surface area contributed by atoms with Crippen molar-refractivity contribution in [3.8, 4) is 5.69 Å². The lowest BCUT2D eigenvalue weighted by Crippen LogP contribution is -2.51. The molecule has 0 atom stereocenters. The lowest BCUT2D eigenvalue weighted by molar-refractivity contribution is -0.130. The molecule has 2 N–H and O–H groups in total. The SMILES string of the molecule is O=C(NCC(=O)N1CCN(c2ccccc2)CC1)Nc1cccc(-n2cccn2)c1. The number of benzene rings is 2. The van der Waals surface area contributed by atoms with E-state index < -0.39 is 6.03 Å². The van der Waals surface area contributed by atoms with E-state index in [4.69, 9.17) is 0 Å². The number of hydrogen-bond acceptors (Lipinski definition) is 4. The zero-order valence-corrected chi connectivity index (χ0v) is 16.6. The quantitative estimate of drug-likeness (QED) is 0.684. The minimum atomic E-state index is -0.413. The number of amides is 3. The summed E-state index contributed by atoms with van der Waals surface area (Å²) in [5.41, 5.74) is 2.63. The molecule has 4 rings (SSSR count). The summed E-state index contributed by atoms with van der Waals surface area (Å²) in [6.45, 7) is 2.81. The second-order valence-electron chi connectivity index (χ2n) is 7.01. The molecule has 1 aliphatic heterocycles. The highest BCUT2D eigenvalue weighted by Crippen LogP contribution is 2.16. The first-order chi connectivity index (χ1) is 14.7. The Hall–Kier alpha value is -3.81. The van der Waals surface area contributed by atoms with Crippen molar-refractivity contribution < 1.29 is 9.59 Å². The number of rotatable bonds is 5. The van der Waals surface area contributed by atoms with Crippen molar-refractivity contribution >= 4 is 23.3 Å². The highest BCUT2D eigenvalue weighted by Gasteiger charge is 2.21. The van der Waals surface area contributed by atoms with Gasteiger partial charge in [-0.25, -0.2) is 9.48 Å². The third-order valence-corrected chi connectivity index (χ3v) is 5.03. The van der Waals surface area contributed by atoms with Gasteiger partial charge in [0.2, 0.25) is 5.91 Å². The Labute approximate surface area is 175 Å². The first kappa shape index (κ1) is 19.5. The minimum absolute atomic E-state index is 0.0317. The van der Waals surface area contributed by atoms with E-state index in [0.29, 0.717) is 18.8 Å². The maximum atomic E-state index is 12.5. The fraction of sp³-hybridized carbons (Fsp3) is 0.227. The number of piperazine rings is 1. The van der Waals surface area contributed by atoms with Gasteiger partial charge in [-0.3, -0.25) is 4.79 Å². The lowest BCUT2D eigenvalue weighted by Gasteiger charge is -2.36. The minimum Gasteiger partial charge on any atom is -0.368 e. The summed E-state index contributed by atoms with van der Waals surface area (Å²) in [5, 5.41) is 9.59. The second kappa shape index (κ2) is 9.13. The van der Waals surface area contributed by atoms with Crippen LogP contribution in [0.25, 0.3) is 5.69 Å². The van der Waals surface area contributed by atoms with Crippen molar-refractivity contribution in [2.45, 2.75) is 0 Å². The number of nitrogens with zero attached hydrogens (tertiary/aromatic N) is 4. The molecule has 0 saturated carbocycles. The molecule has 30 heavy (non-hydrogen) atoms. The molecule has 0 aliphatic carbocycles. The number of carbonyl (C=O) groups is 2. The Morgan fingerprint density at radius 1 is 0.900 bits per heavy atom. The molecule has 2 aromatic carbocycles. The van der Waals surface area contributed by atoms with Gasteiger partial charge in [-0.05, 0) is 36.4 Å². The smallest absolute Gasteiger partial charge is 0.319 e. The van der Waals surface area contributed by atoms with Crippen molar-refractivity contribution in [2.24, 2.45) is 0 Å². The molecule has 1 aliphatic rings. The molecule has 2 heterocycles. The maximum absolute atomic E-state index is 12.5. The summed E-state index contributed by atoms with van der Waals surface area (Å²) in [5.74, 6) is -0.0804. The molecule has 8 heteroatoms. The molecule has 0 unspecified atom stereocenters. The van der Waals surface area contributed by atoms with Crippen LogP contribution in [0.4, 0.5) is 16.2 Å². The number of hydrogen-bond donors (Lipinski definition) is 2. The fourth-order valence-corrected chi connectivity index (χ4v) is 3.44. The van der Waals surface area contributed by atoms with Crippen LogP contribution in [0, 0.1) is 0 Å². The van der Waals surface area contributed by atoms with Crippen LogP contribution in [0.2, 0.25) is 0 Å². The molecule has 0 spiro atoms. The summed E-state index contributed by atoms with van der Waals surface area (Å²) in [7, 11) is 0. The molecule has 1 saturated heterocycles. The standard InChI is InChI=1S/C22H24N6O2/c29-21(27-14-12-26(13-15-27)19-7-2-1-3-8-19)17-23-22(30)25-18-6-4-9-20(16-18)28-11-5-10-24-28/h1-11,16H,12-15,17H2,(H2,23,25,30). The molecule has 1 aromatic heterocycles. The van der Waals surface area contributed by atoms with Gasteiger partial charge in [0.1, 0.15) is 0 Å². The van der Waals surface area contributed by atoms with Gasteiger partial charge >= 0.3 is 6.03 Å². The van der Waals surface area contributed by atoms with E-state index in [1.165, 1.54) is 5.69 Å². The summed E-state index contributed by atoms with van der Waals surface area (Å²) in [6, 6.07) is 18.9. The molecule has 0 radical (unpaired) electrons. The van der Waals surface area contributed by atoms with Crippen LogP contribution in [0.1, 0.15) is 0 Å². The van der Waals surface area contributed by atoms with Gasteiger partial charge in [0.25, 0.3) is 0 Å². The van der Waals surface area contributed by atoms with E-state index in [1.807, 2.05) is 48.7 Å². The predicted octanol–water partition coefficient (Wildman–Crippen LogP) is 2.34. The molecule has 154 valence electrons. The van der Waals surface area contributed by atoms with Crippen LogP contribution < -0.4 is 15.5 Å². The summed E-state index contributed by atoms with van der Waals surface area (Å²) in [6.07, 6.45) is 3.52.